The SMILES string of the molecule is Cc1ccc(Cn2cc(CCCCl)nn2)o1. The summed E-state index contributed by atoms with van der Waals surface area (Å²) in [4.78, 5) is 0. The lowest BCUT2D eigenvalue weighted by Crippen LogP contribution is -1.98. The lowest BCUT2D eigenvalue weighted by molar-refractivity contribution is 0.455. The summed E-state index contributed by atoms with van der Waals surface area (Å²) >= 11 is 5.62. The predicted octanol–water partition coefficient (Wildman–Crippen LogP) is 2.40. The summed E-state index contributed by atoms with van der Waals surface area (Å²) in [5.41, 5.74) is 0.976. The number of furan rings is 1. The Morgan fingerprint density at radius 2 is 2.31 bits per heavy atom. The van der Waals surface area contributed by atoms with Crippen LogP contribution >= 0.6 is 11.6 Å². The topological polar surface area (TPSA) is 43.9 Å². The number of halogens is 1. The maximum Gasteiger partial charge on any atom is 0.125 e. The van der Waals surface area contributed by atoms with Crippen molar-refractivity contribution in [3.05, 3.63) is 35.5 Å². The summed E-state index contributed by atoms with van der Waals surface area (Å²) in [6.07, 6.45) is 3.74. The molecule has 0 aliphatic rings. The number of hydrogen-bond acceptors (Lipinski definition) is 3. The van der Waals surface area contributed by atoms with Gasteiger partial charge in [0.25, 0.3) is 0 Å². The molecule has 0 unspecified atom stereocenters. The molecule has 0 aliphatic heterocycles. The van der Waals surface area contributed by atoms with Crippen molar-refractivity contribution in [2.24, 2.45) is 0 Å². The number of nitrogens with zero attached hydrogens (tertiary/aromatic N) is 3. The van der Waals surface area contributed by atoms with Gasteiger partial charge in [-0.2, -0.15) is 0 Å². The molecule has 0 saturated carbocycles. The van der Waals surface area contributed by atoms with Crippen LogP contribution in [-0.2, 0) is 13.0 Å². The predicted molar refractivity (Wildman–Crippen MR) is 61.6 cm³/mol. The van der Waals surface area contributed by atoms with Gasteiger partial charge >= 0.3 is 0 Å². The Bertz CT molecular complexity index is 450. The van der Waals surface area contributed by atoms with Gasteiger partial charge in [-0.05, 0) is 31.9 Å². The van der Waals surface area contributed by atoms with E-state index in [0.717, 1.165) is 30.1 Å². The highest BCUT2D eigenvalue weighted by molar-refractivity contribution is 6.17. The molecule has 0 N–H and O–H groups in total. The first-order chi connectivity index (χ1) is 7.78. The van der Waals surface area contributed by atoms with Gasteiger partial charge in [-0.15, -0.1) is 16.7 Å². The molecule has 86 valence electrons. The van der Waals surface area contributed by atoms with Gasteiger partial charge in [0, 0.05) is 12.1 Å². The van der Waals surface area contributed by atoms with E-state index in [1.165, 1.54) is 0 Å². The van der Waals surface area contributed by atoms with Crippen molar-refractivity contribution in [3.8, 4) is 0 Å². The Hall–Kier alpha value is -1.29. The molecular weight excluding hydrogens is 226 g/mol. The molecule has 0 saturated heterocycles. The largest absolute Gasteiger partial charge is 0.464 e. The van der Waals surface area contributed by atoms with E-state index >= 15 is 0 Å². The molecule has 5 heteroatoms. The third kappa shape index (κ3) is 2.85. The molecule has 16 heavy (non-hydrogen) atoms. The lowest BCUT2D eigenvalue weighted by atomic mass is 10.3. The number of aryl methyl sites for hydroxylation is 2. The second-order valence-corrected chi connectivity index (χ2v) is 4.09. The van der Waals surface area contributed by atoms with Crippen LogP contribution in [0.3, 0.4) is 0 Å². The van der Waals surface area contributed by atoms with Crippen LogP contribution in [0.15, 0.2) is 22.7 Å². The fourth-order valence-electron chi connectivity index (χ4n) is 1.51. The molecule has 0 aliphatic carbocycles. The third-order valence-corrected chi connectivity index (χ3v) is 2.53. The van der Waals surface area contributed by atoms with E-state index in [0.29, 0.717) is 12.4 Å². The number of rotatable bonds is 5. The van der Waals surface area contributed by atoms with Gasteiger partial charge in [0.15, 0.2) is 0 Å². The van der Waals surface area contributed by atoms with Gasteiger partial charge in [-0.3, -0.25) is 0 Å². The first-order valence-electron chi connectivity index (χ1n) is 5.28. The van der Waals surface area contributed by atoms with Gasteiger partial charge < -0.3 is 4.42 Å². The molecule has 4 nitrogen and oxygen atoms in total. The van der Waals surface area contributed by atoms with E-state index in [1.807, 2.05) is 25.3 Å². The van der Waals surface area contributed by atoms with Crippen molar-refractivity contribution in [2.75, 3.05) is 5.88 Å². The highest BCUT2D eigenvalue weighted by Gasteiger charge is 2.03. The highest BCUT2D eigenvalue weighted by Crippen LogP contribution is 2.08. The second-order valence-electron chi connectivity index (χ2n) is 3.71. The van der Waals surface area contributed by atoms with Crippen LogP contribution < -0.4 is 0 Å². The molecule has 0 aromatic carbocycles. The Balaban J connectivity index is 1.97. The molecule has 2 rings (SSSR count). The monoisotopic (exact) mass is 239 g/mol. The van der Waals surface area contributed by atoms with E-state index in [9.17, 15) is 0 Å². The molecular formula is C11H14ClN3O. The summed E-state index contributed by atoms with van der Waals surface area (Å²) in [5, 5.41) is 8.11. The minimum absolute atomic E-state index is 0.627. The van der Waals surface area contributed by atoms with Crippen LogP contribution in [0.4, 0.5) is 0 Å². The zero-order valence-electron chi connectivity index (χ0n) is 9.19. The van der Waals surface area contributed by atoms with E-state index in [2.05, 4.69) is 10.3 Å². The molecule has 0 amide bonds. The Kier molecular flexibility index (Phi) is 3.62. The minimum atomic E-state index is 0.627. The fourth-order valence-corrected chi connectivity index (χ4v) is 1.64. The van der Waals surface area contributed by atoms with Gasteiger partial charge in [-0.1, -0.05) is 5.21 Å². The second kappa shape index (κ2) is 5.16. The quantitative estimate of drug-likeness (QED) is 0.753. The summed E-state index contributed by atoms with van der Waals surface area (Å²) in [5.74, 6) is 2.47. The summed E-state index contributed by atoms with van der Waals surface area (Å²) in [7, 11) is 0. The molecule has 0 fully saturated rings. The van der Waals surface area contributed by atoms with Crippen molar-refractivity contribution in [3.63, 3.8) is 0 Å². The Morgan fingerprint density at radius 3 is 3.00 bits per heavy atom. The Morgan fingerprint density at radius 1 is 1.44 bits per heavy atom. The van der Waals surface area contributed by atoms with Crippen LogP contribution in [0.1, 0.15) is 23.6 Å². The fraction of sp³-hybridized carbons (Fsp3) is 0.455. The van der Waals surface area contributed by atoms with Crippen molar-refractivity contribution in [1.82, 2.24) is 15.0 Å². The van der Waals surface area contributed by atoms with E-state index in [1.54, 1.807) is 4.68 Å². The maximum atomic E-state index is 5.62. The molecule has 0 bridgehead atoms. The van der Waals surface area contributed by atoms with E-state index in [-0.39, 0.29) is 0 Å². The van der Waals surface area contributed by atoms with Gasteiger partial charge in [0.05, 0.1) is 5.69 Å². The minimum Gasteiger partial charge on any atom is -0.464 e. The lowest BCUT2D eigenvalue weighted by Gasteiger charge is -1.95. The third-order valence-electron chi connectivity index (χ3n) is 2.27. The molecule has 2 aromatic rings. The van der Waals surface area contributed by atoms with Gasteiger partial charge in [-0.25, -0.2) is 4.68 Å². The van der Waals surface area contributed by atoms with Crippen molar-refractivity contribution in [2.45, 2.75) is 26.3 Å². The van der Waals surface area contributed by atoms with Crippen molar-refractivity contribution in [1.29, 1.82) is 0 Å². The zero-order chi connectivity index (χ0) is 11.4. The molecule has 0 atom stereocenters. The van der Waals surface area contributed by atoms with Crippen molar-refractivity contribution >= 4 is 11.6 Å². The average molecular weight is 240 g/mol. The van der Waals surface area contributed by atoms with E-state index < -0.39 is 0 Å². The van der Waals surface area contributed by atoms with Crippen LogP contribution in [0.25, 0.3) is 0 Å². The van der Waals surface area contributed by atoms with Crippen LogP contribution in [0.2, 0.25) is 0 Å². The summed E-state index contributed by atoms with van der Waals surface area (Å²) in [6, 6.07) is 3.90. The van der Waals surface area contributed by atoms with Crippen molar-refractivity contribution < 1.29 is 4.42 Å². The molecule has 0 spiro atoms. The normalized spacial score (nSPS) is 10.9. The first-order valence-corrected chi connectivity index (χ1v) is 5.81. The molecule has 2 aromatic heterocycles. The number of alkyl halides is 1. The summed E-state index contributed by atoms with van der Waals surface area (Å²) in [6.45, 7) is 2.55. The number of hydrogen-bond donors (Lipinski definition) is 0. The standard InChI is InChI=1S/C11H14ClN3O/c1-9-4-5-11(16-9)8-15-7-10(13-14-15)3-2-6-12/h4-5,7H,2-3,6,8H2,1H3. The molecule has 0 radical (unpaired) electrons. The molecule has 2 heterocycles. The van der Waals surface area contributed by atoms with Crippen LogP contribution in [0.5, 0.6) is 0 Å². The maximum absolute atomic E-state index is 5.62. The summed E-state index contributed by atoms with van der Waals surface area (Å²) < 4.78 is 7.25. The Labute approximate surface area is 99.2 Å². The highest BCUT2D eigenvalue weighted by atomic mass is 35.5. The number of aromatic nitrogens is 3. The van der Waals surface area contributed by atoms with Crippen LogP contribution in [-0.4, -0.2) is 20.9 Å². The smallest absolute Gasteiger partial charge is 0.125 e. The van der Waals surface area contributed by atoms with Gasteiger partial charge in [0.1, 0.15) is 18.1 Å². The first kappa shape index (κ1) is 11.2. The van der Waals surface area contributed by atoms with E-state index in [4.69, 9.17) is 16.0 Å². The zero-order valence-corrected chi connectivity index (χ0v) is 9.94. The average Bonchev–Trinajstić information content (AvgIpc) is 2.86. The van der Waals surface area contributed by atoms with Crippen LogP contribution in [0, 0.1) is 6.92 Å². The van der Waals surface area contributed by atoms with Gasteiger partial charge in [0.2, 0.25) is 0 Å².